The number of carbonyl (C=O) groups is 1. The van der Waals surface area contributed by atoms with Gasteiger partial charge in [0.05, 0.1) is 17.1 Å². The molecule has 8 nitrogen and oxygen atoms in total. The molecule has 0 radical (unpaired) electrons. The molecular formula is C12H19F2N5O3S. The van der Waals surface area contributed by atoms with Gasteiger partial charge in [-0.1, -0.05) is 6.92 Å². The summed E-state index contributed by atoms with van der Waals surface area (Å²) in [7, 11) is -3.43. The van der Waals surface area contributed by atoms with E-state index in [1.54, 1.807) is 6.92 Å². The second-order valence-electron chi connectivity index (χ2n) is 5.17. The summed E-state index contributed by atoms with van der Waals surface area (Å²) in [6.45, 7) is 1.84. The summed E-state index contributed by atoms with van der Waals surface area (Å²) in [5.41, 5.74) is 0.286. The molecule has 1 aliphatic heterocycles. The van der Waals surface area contributed by atoms with Gasteiger partial charge in [-0.15, -0.1) is 0 Å². The highest BCUT2D eigenvalue weighted by Crippen LogP contribution is 2.17. The van der Waals surface area contributed by atoms with Gasteiger partial charge in [0.1, 0.15) is 6.54 Å². The third kappa shape index (κ3) is 4.61. The van der Waals surface area contributed by atoms with E-state index in [-0.39, 0.29) is 12.2 Å². The molecule has 0 aliphatic carbocycles. The number of nitrogens with zero attached hydrogens (tertiary/aromatic N) is 3. The second-order valence-corrected chi connectivity index (χ2v) is 7.22. The topological polar surface area (TPSA) is 96.3 Å². The first-order chi connectivity index (χ1) is 10.8. The molecule has 1 aliphatic rings. The van der Waals surface area contributed by atoms with Crippen LogP contribution in [0.3, 0.4) is 0 Å². The SMILES string of the molecule is CCNS(=O)(=O)C1CCN(C(=O)Nc2cnn(CC(F)F)c2)C1. The smallest absolute Gasteiger partial charge is 0.321 e. The minimum atomic E-state index is -3.43. The van der Waals surface area contributed by atoms with Gasteiger partial charge in [0.15, 0.2) is 0 Å². The molecule has 130 valence electrons. The quantitative estimate of drug-likeness (QED) is 0.788. The molecule has 2 heterocycles. The largest absolute Gasteiger partial charge is 0.323 e. The number of halogens is 2. The fourth-order valence-corrected chi connectivity index (χ4v) is 3.79. The van der Waals surface area contributed by atoms with E-state index in [2.05, 4.69) is 15.1 Å². The third-order valence-corrected chi connectivity index (χ3v) is 5.38. The number of likely N-dealkylation sites (tertiary alicyclic amines) is 1. The molecule has 0 spiro atoms. The third-order valence-electron chi connectivity index (χ3n) is 3.43. The Kier molecular flexibility index (Phi) is 5.52. The molecule has 2 amide bonds. The highest BCUT2D eigenvalue weighted by atomic mass is 32.2. The summed E-state index contributed by atoms with van der Waals surface area (Å²) in [6.07, 6.45) is 0.387. The lowest BCUT2D eigenvalue weighted by molar-refractivity contribution is 0.122. The average molecular weight is 351 g/mol. The van der Waals surface area contributed by atoms with Crippen molar-refractivity contribution in [2.24, 2.45) is 0 Å². The summed E-state index contributed by atoms with van der Waals surface area (Å²) in [6, 6.07) is -0.476. The number of amides is 2. The molecule has 0 saturated carbocycles. The Balaban J connectivity index is 1.91. The van der Waals surface area contributed by atoms with Gasteiger partial charge in [0.25, 0.3) is 6.43 Å². The zero-order valence-corrected chi connectivity index (χ0v) is 13.4. The first-order valence-corrected chi connectivity index (χ1v) is 8.71. The van der Waals surface area contributed by atoms with E-state index in [0.717, 1.165) is 4.68 Å². The molecule has 2 N–H and O–H groups in total. The van der Waals surface area contributed by atoms with Crippen molar-refractivity contribution in [3.05, 3.63) is 12.4 Å². The summed E-state index contributed by atoms with van der Waals surface area (Å²) in [5, 5.41) is 5.59. The van der Waals surface area contributed by atoms with Crippen molar-refractivity contribution in [2.75, 3.05) is 25.0 Å². The molecule has 0 bridgehead atoms. The van der Waals surface area contributed by atoms with Gasteiger partial charge in [-0.25, -0.2) is 26.7 Å². The van der Waals surface area contributed by atoms with Crippen LogP contribution >= 0.6 is 0 Å². The van der Waals surface area contributed by atoms with Crippen LogP contribution in [0.2, 0.25) is 0 Å². The Labute approximate surface area is 132 Å². The van der Waals surface area contributed by atoms with E-state index in [1.807, 2.05) is 0 Å². The molecule has 23 heavy (non-hydrogen) atoms. The Morgan fingerprint density at radius 3 is 2.91 bits per heavy atom. The van der Waals surface area contributed by atoms with E-state index in [1.165, 1.54) is 17.3 Å². The van der Waals surface area contributed by atoms with Gasteiger partial charge in [0.2, 0.25) is 10.0 Å². The van der Waals surface area contributed by atoms with E-state index in [9.17, 15) is 22.0 Å². The fraction of sp³-hybridized carbons (Fsp3) is 0.667. The van der Waals surface area contributed by atoms with Crippen LogP contribution in [-0.2, 0) is 16.6 Å². The molecule has 1 aromatic rings. The van der Waals surface area contributed by atoms with E-state index in [4.69, 9.17) is 0 Å². The number of alkyl halides is 2. The Morgan fingerprint density at radius 1 is 1.52 bits per heavy atom. The lowest BCUT2D eigenvalue weighted by Crippen LogP contribution is -2.38. The fourth-order valence-electron chi connectivity index (χ4n) is 2.36. The zero-order valence-electron chi connectivity index (χ0n) is 12.6. The van der Waals surface area contributed by atoms with Gasteiger partial charge >= 0.3 is 6.03 Å². The summed E-state index contributed by atoms with van der Waals surface area (Å²) < 4.78 is 51.7. The Bertz CT molecular complexity index is 649. The number of aromatic nitrogens is 2. The number of nitrogens with one attached hydrogen (secondary N) is 2. The normalized spacial score (nSPS) is 18.6. The minimum absolute atomic E-state index is 0.0896. The van der Waals surface area contributed by atoms with Gasteiger partial charge in [-0.2, -0.15) is 5.10 Å². The van der Waals surface area contributed by atoms with Crippen molar-refractivity contribution in [3.63, 3.8) is 0 Å². The number of hydrogen-bond donors (Lipinski definition) is 2. The number of carbonyl (C=O) groups excluding carboxylic acids is 1. The number of sulfonamides is 1. The second kappa shape index (κ2) is 7.21. The Hall–Kier alpha value is -1.75. The van der Waals surface area contributed by atoms with Crippen molar-refractivity contribution in [3.8, 4) is 0 Å². The Morgan fingerprint density at radius 2 is 2.26 bits per heavy atom. The molecule has 1 aromatic heterocycles. The summed E-state index contributed by atoms with van der Waals surface area (Å²) in [4.78, 5) is 13.5. The van der Waals surface area contributed by atoms with Crippen LogP contribution in [0, 0.1) is 0 Å². The molecule has 1 atom stereocenters. The molecular weight excluding hydrogens is 332 g/mol. The van der Waals surface area contributed by atoms with Crippen LogP contribution in [0.4, 0.5) is 19.3 Å². The zero-order chi connectivity index (χ0) is 17.0. The van der Waals surface area contributed by atoms with Crippen LogP contribution in [0.25, 0.3) is 0 Å². The van der Waals surface area contributed by atoms with Crippen molar-refractivity contribution >= 4 is 21.7 Å². The number of hydrogen-bond acceptors (Lipinski definition) is 4. The van der Waals surface area contributed by atoms with Gasteiger partial charge in [-0.3, -0.25) is 4.68 Å². The molecule has 2 rings (SSSR count). The summed E-state index contributed by atoms with van der Waals surface area (Å²) >= 11 is 0. The maximum atomic E-state index is 12.2. The predicted octanol–water partition coefficient (Wildman–Crippen LogP) is 0.694. The molecule has 0 aromatic carbocycles. The van der Waals surface area contributed by atoms with Crippen LogP contribution in [0.1, 0.15) is 13.3 Å². The maximum absolute atomic E-state index is 12.2. The number of urea groups is 1. The van der Waals surface area contributed by atoms with E-state index >= 15 is 0 Å². The lowest BCUT2D eigenvalue weighted by Gasteiger charge is -2.17. The first kappa shape index (κ1) is 17.6. The maximum Gasteiger partial charge on any atom is 0.321 e. The molecule has 1 fully saturated rings. The molecule has 1 unspecified atom stereocenters. The van der Waals surface area contributed by atoms with Crippen molar-refractivity contribution < 1.29 is 22.0 Å². The summed E-state index contributed by atoms with van der Waals surface area (Å²) in [5.74, 6) is 0. The monoisotopic (exact) mass is 351 g/mol. The number of anilines is 1. The average Bonchev–Trinajstić information content (AvgIpc) is 3.07. The van der Waals surface area contributed by atoms with Gasteiger partial charge < -0.3 is 10.2 Å². The standard InChI is InChI=1S/C12H19F2N5O3S/c1-2-16-23(21,22)10-3-4-18(7-10)12(20)17-9-5-15-19(6-9)8-11(13)14/h5-6,10-11,16H,2-4,7-8H2,1H3,(H,17,20). The molecule has 11 heteroatoms. The van der Waals surface area contributed by atoms with Crippen LogP contribution in [0.5, 0.6) is 0 Å². The van der Waals surface area contributed by atoms with Crippen LogP contribution in [-0.4, -0.2) is 60.4 Å². The lowest BCUT2D eigenvalue weighted by atomic mass is 10.4. The van der Waals surface area contributed by atoms with Crippen molar-refractivity contribution in [1.82, 2.24) is 19.4 Å². The van der Waals surface area contributed by atoms with E-state index in [0.29, 0.717) is 19.5 Å². The van der Waals surface area contributed by atoms with Gasteiger partial charge in [-0.05, 0) is 6.42 Å². The number of rotatable bonds is 6. The van der Waals surface area contributed by atoms with Crippen LogP contribution < -0.4 is 10.0 Å². The first-order valence-electron chi connectivity index (χ1n) is 7.17. The highest BCUT2D eigenvalue weighted by Gasteiger charge is 2.34. The predicted molar refractivity (Wildman–Crippen MR) is 79.8 cm³/mol. The van der Waals surface area contributed by atoms with Crippen LogP contribution in [0.15, 0.2) is 12.4 Å². The van der Waals surface area contributed by atoms with E-state index < -0.39 is 34.3 Å². The highest BCUT2D eigenvalue weighted by molar-refractivity contribution is 7.90. The van der Waals surface area contributed by atoms with Gasteiger partial charge in [0, 0.05) is 25.8 Å². The minimum Gasteiger partial charge on any atom is -0.323 e. The van der Waals surface area contributed by atoms with Crippen molar-refractivity contribution in [1.29, 1.82) is 0 Å². The molecule has 1 saturated heterocycles. The van der Waals surface area contributed by atoms with Crippen molar-refractivity contribution in [2.45, 2.75) is 31.6 Å².